The van der Waals surface area contributed by atoms with Crippen LogP contribution in [0, 0.1) is 5.92 Å². The number of nitrogens with one attached hydrogen (secondary N) is 1. The van der Waals surface area contributed by atoms with Gasteiger partial charge in [-0.15, -0.1) is 0 Å². The van der Waals surface area contributed by atoms with Crippen molar-refractivity contribution in [1.29, 1.82) is 0 Å². The highest BCUT2D eigenvalue weighted by Gasteiger charge is 2.32. The van der Waals surface area contributed by atoms with E-state index >= 15 is 0 Å². The van der Waals surface area contributed by atoms with Gasteiger partial charge < -0.3 is 9.47 Å². The standard InChI is InChI=1S/C14H18N2O5S/c1-20-12-5-3-4-10(13(12)21-2)8-15-16-14(17)11-6-7-22(18,19)9-11/h3-5,8,11H,6-7,9H2,1-2H3,(H,16,17)/b15-8-/t11-/m0/s1. The third-order valence-corrected chi connectivity index (χ3v) is 5.18. The number of carbonyl (C=O) groups is 1. The van der Waals surface area contributed by atoms with Gasteiger partial charge in [0, 0.05) is 5.56 Å². The molecule has 1 amide bonds. The molecule has 1 aromatic carbocycles. The molecule has 22 heavy (non-hydrogen) atoms. The Bertz CT molecular complexity index is 684. The fourth-order valence-corrected chi connectivity index (χ4v) is 4.01. The molecule has 2 rings (SSSR count). The molecule has 0 spiro atoms. The number of methoxy groups -OCH3 is 2. The van der Waals surface area contributed by atoms with Crippen LogP contribution in [0.15, 0.2) is 23.3 Å². The van der Waals surface area contributed by atoms with Crippen molar-refractivity contribution in [3.63, 3.8) is 0 Å². The van der Waals surface area contributed by atoms with Gasteiger partial charge in [0.1, 0.15) is 0 Å². The molecule has 1 aromatic rings. The molecule has 0 aromatic heterocycles. The van der Waals surface area contributed by atoms with E-state index in [1.54, 1.807) is 18.2 Å². The van der Waals surface area contributed by atoms with Crippen molar-refractivity contribution in [1.82, 2.24) is 5.43 Å². The summed E-state index contributed by atoms with van der Waals surface area (Å²) < 4.78 is 33.1. The monoisotopic (exact) mass is 326 g/mol. The number of para-hydroxylation sites is 1. The Hall–Kier alpha value is -2.09. The number of carbonyl (C=O) groups excluding carboxylic acids is 1. The first-order valence-electron chi connectivity index (χ1n) is 6.71. The van der Waals surface area contributed by atoms with Gasteiger partial charge in [0.2, 0.25) is 5.91 Å². The normalized spacial score (nSPS) is 20.0. The van der Waals surface area contributed by atoms with Crippen molar-refractivity contribution in [2.75, 3.05) is 25.7 Å². The van der Waals surface area contributed by atoms with Crippen molar-refractivity contribution < 1.29 is 22.7 Å². The number of hydrogen-bond donors (Lipinski definition) is 1. The minimum Gasteiger partial charge on any atom is -0.493 e. The number of ether oxygens (including phenoxy) is 2. The Morgan fingerprint density at radius 3 is 2.73 bits per heavy atom. The van der Waals surface area contributed by atoms with Crippen LogP contribution in [0.3, 0.4) is 0 Å². The zero-order valence-electron chi connectivity index (χ0n) is 12.4. The number of rotatable bonds is 5. The molecule has 1 aliphatic rings. The number of hydrazone groups is 1. The van der Waals surface area contributed by atoms with Crippen LogP contribution in [0.2, 0.25) is 0 Å². The SMILES string of the molecule is COc1cccc(/C=N\NC(=O)[C@H]2CCS(=O)(=O)C2)c1OC. The van der Waals surface area contributed by atoms with Crippen LogP contribution in [0.25, 0.3) is 0 Å². The molecule has 0 unspecified atom stereocenters. The van der Waals surface area contributed by atoms with Gasteiger partial charge in [-0.25, -0.2) is 13.8 Å². The molecular weight excluding hydrogens is 308 g/mol. The Balaban J connectivity index is 2.03. The summed E-state index contributed by atoms with van der Waals surface area (Å²) in [6.45, 7) is 0. The van der Waals surface area contributed by atoms with Crippen LogP contribution in [0.4, 0.5) is 0 Å². The smallest absolute Gasteiger partial charge is 0.244 e. The van der Waals surface area contributed by atoms with Crippen molar-refractivity contribution in [3.05, 3.63) is 23.8 Å². The minimum atomic E-state index is -3.09. The summed E-state index contributed by atoms with van der Waals surface area (Å²) in [5, 5.41) is 3.86. The molecule has 7 nitrogen and oxygen atoms in total. The molecule has 1 N–H and O–H groups in total. The average Bonchev–Trinajstić information content (AvgIpc) is 2.87. The average molecular weight is 326 g/mol. The fourth-order valence-electron chi connectivity index (χ4n) is 2.27. The van der Waals surface area contributed by atoms with E-state index in [1.165, 1.54) is 20.4 Å². The quantitative estimate of drug-likeness (QED) is 0.631. The van der Waals surface area contributed by atoms with Crippen molar-refractivity contribution in [2.45, 2.75) is 6.42 Å². The maximum atomic E-state index is 11.9. The second kappa shape index (κ2) is 6.78. The molecule has 0 aliphatic carbocycles. The molecule has 0 bridgehead atoms. The number of benzene rings is 1. The predicted molar refractivity (Wildman–Crippen MR) is 82.0 cm³/mol. The summed E-state index contributed by atoms with van der Waals surface area (Å²) >= 11 is 0. The number of hydrogen-bond acceptors (Lipinski definition) is 6. The molecule has 1 fully saturated rings. The van der Waals surface area contributed by atoms with Crippen LogP contribution < -0.4 is 14.9 Å². The molecular formula is C14H18N2O5S. The van der Waals surface area contributed by atoms with Gasteiger partial charge in [0.05, 0.1) is 37.9 Å². The lowest BCUT2D eigenvalue weighted by atomic mass is 10.1. The predicted octanol–water partition coefficient (Wildman–Crippen LogP) is 0.589. The Kier molecular flexibility index (Phi) is 5.02. The van der Waals surface area contributed by atoms with Gasteiger partial charge >= 0.3 is 0 Å². The van der Waals surface area contributed by atoms with Crippen LogP contribution in [-0.4, -0.2) is 46.3 Å². The lowest BCUT2D eigenvalue weighted by Gasteiger charge is -2.09. The lowest BCUT2D eigenvalue weighted by molar-refractivity contribution is -0.124. The van der Waals surface area contributed by atoms with E-state index in [4.69, 9.17) is 9.47 Å². The van der Waals surface area contributed by atoms with Gasteiger partial charge in [-0.3, -0.25) is 4.79 Å². The Morgan fingerprint density at radius 1 is 1.36 bits per heavy atom. The minimum absolute atomic E-state index is 0.0541. The molecule has 8 heteroatoms. The maximum absolute atomic E-state index is 11.9. The zero-order valence-corrected chi connectivity index (χ0v) is 13.2. The topological polar surface area (TPSA) is 94.1 Å². The van der Waals surface area contributed by atoms with Crippen LogP contribution in [0.5, 0.6) is 11.5 Å². The van der Waals surface area contributed by atoms with Crippen LogP contribution in [0.1, 0.15) is 12.0 Å². The fraction of sp³-hybridized carbons (Fsp3) is 0.429. The van der Waals surface area contributed by atoms with Gasteiger partial charge in [-0.05, 0) is 18.6 Å². The molecule has 120 valence electrons. The van der Waals surface area contributed by atoms with Gasteiger partial charge in [0.25, 0.3) is 0 Å². The number of nitrogens with zero attached hydrogens (tertiary/aromatic N) is 1. The Morgan fingerprint density at radius 2 is 2.14 bits per heavy atom. The first-order valence-corrected chi connectivity index (χ1v) is 8.53. The zero-order chi connectivity index (χ0) is 16.2. The van der Waals surface area contributed by atoms with E-state index in [9.17, 15) is 13.2 Å². The summed E-state index contributed by atoms with van der Waals surface area (Å²) in [5.74, 6) is 0.0784. The third kappa shape index (κ3) is 3.76. The highest BCUT2D eigenvalue weighted by Crippen LogP contribution is 2.29. The molecule has 1 saturated heterocycles. The summed E-state index contributed by atoms with van der Waals surface area (Å²) in [6.07, 6.45) is 1.77. The summed E-state index contributed by atoms with van der Waals surface area (Å²) in [7, 11) is -0.0467. The highest BCUT2D eigenvalue weighted by atomic mass is 32.2. The van der Waals surface area contributed by atoms with Gasteiger partial charge in [0.15, 0.2) is 21.3 Å². The van der Waals surface area contributed by atoms with Crippen molar-refractivity contribution in [2.24, 2.45) is 11.0 Å². The van der Waals surface area contributed by atoms with Gasteiger partial charge in [-0.1, -0.05) is 6.07 Å². The first-order chi connectivity index (χ1) is 10.5. The largest absolute Gasteiger partial charge is 0.493 e. The Labute approximate surface area is 129 Å². The second-order valence-corrected chi connectivity index (χ2v) is 7.15. The van der Waals surface area contributed by atoms with Crippen molar-refractivity contribution >= 4 is 22.0 Å². The summed E-state index contributed by atoms with van der Waals surface area (Å²) in [6, 6.07) is 5.28. The molecule has 1 aliphatic heterocycles. The van der Waals surface area contributed by atoms with E-state index in [2.05, 4.69) is 10.5 Å². The maximum Gasteiger partial charge on any atom is 0.244 e. The van der Waals surface area contributed by atoms with Crippen LogP contribution >= 0.6 is 0 Å². The highest BCUT2D eigenvalue weighted by molar-refractivity contribution is 7.91. The van der Waals surface area contributed by atoms with E-state index in [0.717, 1.165) is 0 Å². The second-order valence-electron chi connectivity index (χ2n) is 4.92. The first kappa shape index (κ1) is 16.3. The van der Waals surface area contributed by atoms with E-state index in [1.807, 2.05) is 0 Å². The lowest BCUT2D eigenvalue weighted by Crippen LogP contribution is -2.27. The molecule has 1 heterocycles. The molecule has 1 atom stereocenters. The summed E-state index contributed by atoms with van der Waals surface area (Å²) in [5.41, 5.74) is 3.01. The van der Waals surface area contributed by atoms with Gasteiger partial charge in [-0.2, -0.15) is 5.10 Å². The van der Waals surface area contributed by atoms with E-state index < -0.39 is 15.8 Å². The molecule has 0 radical (unpaired) electrons. The van der Waals surface area contributed by atoms with Crippen molar-refractivity contribution in [3.8, 4) is 11.5 Å². The van der Waals surface area contributed by atoms with E-state index in [-0.39, 0.29) is 17.4 Å². The molecule has 0 saturated carbocycles. The van der Waals surface area contributed by atoms with E-state index in [0.29, 0.717) is 23.5 Å². The third-order valence-electron chi connectivity index (χ3n) is 3.42. The van der Waals surface area contributed by atoms with Crippen LogP contribution in [-0.2, 0) is 14.6 Å². The number of sulfone groups is 1. The summed E-state index contributed by atoms with van der Waals surface area (Å²) in [4.78, 5) is 11.9. The number of amides is 1.